The Kier molecular flexibility index (Phi) is 6.42. The van der Waals surface area contributed by atoms with Crippen LogP contribution in [0.2, 0.25) is 0 Å². The van der Waals surface area contributed by atoms with E-state index >= 15 is 0 Å². The van der Waals surface area contributed by atoms with Crippen LogP contribution in [0.25, 0.3) is 0 Å². The van der Waals surface area contributed by atoms with Crippen LogP contribution >= 0.6 is 0 Å². The van der Waals surface area contributed by atoms with Crippen LogP contribution < -0.4 is 10.6 Å². The van der Waals surface area contributed by atoms with Crippen LogP contribution in [0.15, 0.2) is 54.6 Å². The molecule has 0 aliphatic heterocycles. The molecule has 22 heavy (non-hydrogen) atoms. The lowest BCUT2D eigenvalue weighted by molar-refractivity contribution is 0.241. The number of carbonyl (C=O) groups excluding carboxylic acids is 1. The molecule has 2 aromatic rings. The summed E-state index contributed by atoms with van der Waals surface area (Å²) in [5, 5.41) is 5.64. The number of aryl methyl sites for hydroxylation is 1. The van der Waals surface area contributed by atoms with Gasteiger partial charge in [0, 0.05) is 13.1 Å². The number of nitrogens with one attached hydrogen (secondary N) is 2. The topological polar surface area (TPSA) is 41.1 Å². The maximum atomic E-state index is 12.8. The molecule has 0 heterocycles. The van der Waals surface area contributed by atoms with E-state index in [0.717, 1.165) is 18.4 Å². The van der Waals surface area contributed by atoms with Gasteiger partial charge in [0.2, 0.25) is 0 Å². The Bertz CT molecular complexity index is 569. The lowest BCUT2D eigenvalue weighted by Crippen LogP contribution is -2.37. The fourth-order valence-corrected chi connectivity index (χ4v) is 2.17. The minimum Gasteiger partial charge on any atom is -0.338 e. The van der Waals surface area contributed by atoms with Crippen molar-refractivity contribution < 1.29 is 9.18 Å². The Morgan fingerprint density at radius 3 is 2.18 bits per heavy atom. The van der Waals surface area contributed by atoms with Gasteiger partial charge in [-0.15, -0.1) is 0 Å². The molecule has 2 amide bonds. The van der Waals surface area contributed by atoms with Crippen LogP contribution in [0.1, 0.15) is 17.5 Å². The molecule has 4 heteroatoms. The molecular formula is C18H21FN2O. The molecule has 0 saturated heterocycles. The Morgan fingerprint density at radius 2 is 1.45 bits per heavy atom. The molecule has 0 aliphatic carbocycles. The van der Waals surface area contributed by atoms with Gasteiger partial charge in [0.1, 0.15) is 5.82 Å². The summed E-state index contributed by atoms with van der Waals surface area (Å²) in [5.41, 5.74) is 2.28. The summed E-state index contributed by atoms with van der Waals surface area (Å²) < 4.78 is 12.8. The van der Waals surface area contributed by atoms with E-state index in [1.54, 1.807) is 12.1 Å². The van der Waals surface area contributed by atoms with Gasteiger partial charge >= 0.3 is 6.03 Å². The van der Waals surface area contributed by atoms with Crippen molar-refractivity contribution in [1.29, 1.82) is 0 Å². The van der Waals surface area contributed by atoms with Gasteiger partial charge in [0.25, 0.3) is 0 Å². The normalized spacial score (nSPS) is 10.2. The second-order valence-electron chi connectivity index (χ2n) is 5.15. The minimum absolute atomic E-state index is 0.157. The average Bonchev–Trinajstić information content (AvgIpc) is 2.54. The van der Waals surface area contributed by atoms with Crippen molar-refractivity contribution in [2.45, 2.75) is 19.3 Å². The van der Waals surface area contributed by atoms with Gasteiger partial charge in [-0.1, -0.05) is 42.5 Å². The molecule has 0 bridgehead atoms. The molecule has 116 valence electrons. The van der Waals surface area contributed by atoms with Crippen LogP contribution in [-0.2, 0) is 12.8 Å². The predicted molar refractivity (Wildman–Crippen MR) is 86.3 cm³/mol. The Morgan fingerprint density at radius 1 is 0.818 bits per heavy atom. The first-order chi connectivity index (χ1) is 10.7. The van der Waals surface area contributed by atoms with Crippen molar-refractivity contribution in [3.05, 3.63) is 71.5 Å². The van der Waals surface area contributed by atoms with Crippen molar-refractivity contribution in [2.75, 3.05) is 13.1 Å². The van der Waals surface area contributed by atoms with E-state index in [1.807, 2.05) is 18.2 Å². The Balaban J connectivity index is 1.55. The zero-order chi connectivity index (χ0) is 15.6. The first-order valence-electron chi connectivity index (χ1n) is 7.54. The summed E-state index contributed by atoms with van der Waals surface area (Å²) in [6.45, 7) is 1.19. The van der Waals surface area contributed by atoms with Crippen LogP contribution in [0.5, 0.6) is 0 Å². The first kappa shape index (κ1) is 16.0. The summed E-state index contributed by atoms with van der Waals surface area (Å²) in [6, 6.07) is 16.4. The van der Waals surface area contributed by atoms with Crippen molar-refractivity contribution in [1.82, 2.24) is 10.6 Å². The zero-order valence-electron chi connectivity index (χ0n) is 12.5. The van der Waals surface area contributed by atoms with Crippen LogP contribution in [-0.4, -0.2) is 19.1 Å². The third kappa shape index (κ3) is 5.95. The Hall–Kier alpha value is -2.36. The summed E-state index contributed by atoms with van der Waals surface area (Å²) >= 11 is 0. The number of urea groups is 1. The van der Waals surface area contributed by atoms with Gasteiger partial charge in [0.05, 0.1) is 0 Å². The van der Waals surface area contributed by atoms with Gasteiger partial charge in [-0.2, -0.15) is 0 Å². The molecule has 0 unspecified atom stereocenters. The van der Waals surface area contributed by atoms with Gasteiger partial charge in [-0.05, 0) is 42.5 Å². The molecule has 2 rings (SSSR count). The third-order valence-corrected chi connectivity index (χ3v) is 3.38. The molecule has 0 saturated carbocycles. The quantitative estimate of drug-likeness (QED) is 0.757. The number of amides is 2. The highest BCUT2D eigenvalue weighted by molar-refractivity contribution is 5.73. The average molecular weight is 300 g/mol. The molecule has 2 N–H and O–H groups in total. The smallest absolute Gasteiger partial charge is 0.314 e. The van der Waals surface area contributed by atoms with Crippen molar-refractivity contribution >= 4 is 6.03 Å². The monoisotopic (exact) mass is 300 g/mol. The van der Waals surface area contributed by atoms with Crippen LogP contribution in [0.3, 0.4) is 0 Å². The molecule has 0 atom stereocenters. The first-order valence-corrected chi connectivity index (χ1v) is 7.54. The summed E-state index contributed by atoms with van der Waals surface area (Å²) in [4.78, 5) is 11.6. The number of halogens is 1. The lowest BCUT2D eigenvalue weighted by atomic mass is 10.1. The molecule has 3 nitrogen and oxygen atoms in total. The standard InChI is InChI=1S/C18H21FN2O/c19-17-10-8-16(9-11-17)12-14-21-18(22)20-13-4-7-15-5-2-1-3-6-15/h1-3,5-6,8-11H,4,7,12-14H2,(H2,20,21,22). The molecular weight excluding hydrogens is 279 g/mol. The van der Waals surface area contributed by atoms with Crippen molar-refractivity contribution in [2.24, 2.45) is 0 Å². The molecule has 0 aromatic heterocycles. The van der Waals surface area contributed by atoms with Gasteiger partial charge in [0.15, 0.2) is 0 Å². The number of hydrogen-bond acceptors (Lipinski definition) is 1. The molecule has 0 spiro atoms. The van der Waals surface area contributed by atoms with Crippen LogP contribution in [0.4, 0.5) is 9.18 Å². The molecule has 0 aliphatic rings. The number of carbonyl (C=O) groups is 1. The fraction of sp³-hybridized carbons (Fsp3) is 0.278. The van der Waals surface area contributed by atoms with E-state index in [-0.39, 0.29) is 11.8 Å². The summed E-state index contributed by atoms with van der Waals surface area (Å²) in [6.07, 6.45) is 2.56. The van der Waals surface area contributed by atoms with Gasteiger partial charge in [-0.3, -0.25) is 0 Å². The van der Waals surface area contributed by atoms with E-state index in [9.17, 15) is 9.18 Å². The highest BCUT2D eigenvalue weighted by Gasteiger charge is 2.00. The van der Waals surface area contributed by atoms with Crippen molar-refractivity contribution in [3.8, 4) is 0 Å². The van der Waals surface area contributed by atoms with Gasteiger partial charge < -0.3 is 10.6 Å². The zero-order valence-corrected chi connectivity index (χ0v) is 12.5. The lowest BCUT2D eigenvalue weighted by Gasteiger charge is -2.08. The fourth-order valence-electron chi connectivity index (χ4n) is 2.17. The van der Waals surface area contributed by atoms with E-state index in [0.29, 0.717) is 19.5 Å². The predicted octanol–water partition coefficient (Wildman–Crippen LogP) is 3.30. The minimum atomic E-state index is -0.243. The third-order valence-electron chi connectivity index (χ3n) is 3.38. The molecule has 0 fully saturated rings. The highest BCUT2D eigenvalue weighted by atomic mass is 19.1. The van der Waals surface area contributed by atoms with E-state index in [1.165, 1.54) is 17.7 Å². The largest absolute Gasteiger partial charge is 0.338 e. The summed E-state index contributed by atoms with van der Waals surface area (Å²) in [7, 11) is 0. The van der Waals surface area contributed by atoms with E-state index in [2.05, 4.69) is 22.8 Å². The Labute approximate surface area is 130 Å². The molecule has 0 radical (unpaired) electrons. The highest BCUT2D eigenvalue weighted by Crippen LogP contribution is 2.03. The van der Waals surface area contributed by atoms with Gasteiger partial charge in [-0.25, -0.2) is 9.18 Å². The number of rotatable bonds is 7. The van der Waals surface area contributed by atoms with E-state index in [4.69, 9.17) is 0 Å². The molecule has 2 aromatic carbocycles. The second-order valence-corrected chi connectivity index (χ2v) is 5.15. The maximum absolute atomic E-state index is 12.8. The maximum Gasteiger partial charge on any atom is 0.314 e. The SMILES string of the molecule is O=C(NCCCc1ccccc1)NCCc1ccc(F)cc1. The van der Waals surface area contributed by atoms with E-state index < -0.39 is 0 Å². The number of benzene rings is 2. The second kappa shape index (κ2) is 8.82. The van der Waals surface area contributed by atoms with Crippen molar-refractivity contribution in [3.63, 3.8) is 0 Å². The summed E-state index contributed by atoms with van der Waals surface area (Å²) in [5.74, 6) is -0.243. The van der Waals surface area contributed by atoms with Crippen LogP contribution in [0, 0.1) is 5.82 Å². The number of hydrogen-bond donors (Lipinski definition) is 2.